The second kappa shape index (κ2) is 6.05. The molecular formula is C7H5Cl3O3. The molecular weight excluding hydrogens is 238 g/mol. The molecule has 6 heteroatoms. The van der Waals surface area contributed by atoms with E-state index in [9.17, 15) is 4.79 Å². The van der Waals surface area contributed by atoms with Gasteiger partial charge in [-0.05, 0) is 12.1 Å². The van der Waals surface area contributed by atoms with E-state index >= 15 is 0 Å². The summed E-state index contributed by atoms with van der Waals surface area (Å²) in [6, 6.07) is 4.48. The van der Waals surface area contributed by atoms with Crippen molar-refractivity contribution in [1.29, 1.82) is 0 Å². The van der Waals surface area contributed by atoms with Crippen molar-refractivity contribution in [3.05, 3.63) is 33.8 Å². The van der Waals surface area contributed by atoms with Crippen LogP contribution in [-0.2, 0) is 5.48 Å². The summed E-state index contributed by atoms with van der Waals surface area (Å²) in [7, 11) is 0. The first-order valence-corrected chi connectivity index (χ1v) is 3.56. The molecule has 1 aromatic carbocycles. The highest BCUT2D eigenvalue weighted by Crippen LogP contribution is 2.25. The average molecular weight is 243 g/mol. The van der Waals surface area contributed by atoms with Gasteiger partial charge >= 0.3 is 5.97 Å². The third-order valence-electron chi connectivity index (χ3n) is 1.18. The Kier molecular flexibility index (Phi) is 6.98. The minimum absolute atomic E-state index is 0. The topological polar surface area (TPSA) is 65.8 Å². The van der Waals surface area contributed by atoms with Gasteiger partial charge in [-0.3, -0.25) is 0 Å². The van der Waals surface area contributed by atoms with Crippen molar-refractivity contribution in [1.82, 2.24) is 0 Å². The van der Waals surface area contributed by atoms with Gasteiger partial charge in [-0.2, -0.15) is 0 Å². The minimum atomic E-state index is -1.07. The first-order chi connectivity index (χ1) is 5.13. The molecule has 1 rings (SSSR count). The summed E-state index contributed by atoms with van der Waals surface area (Å²) >= 11 is 11.1. The monoisotopic (exact) mass is 242 g/mol. The SMILES string of the molecule is Cl.O=C(O)c1cccc(Cl)c1Cl.[O]. The lowest BCUT2D eigenvalue weighted by molar-refractivity contribution is 0.0697. The number of rotatable bonds is 1. The Morgan fingerprint density at radius 1 is 1.31 bits per heavy atom. The van der Waals surface area contributed by atoms with Crippen LogP contribution in [0.5, 0.6) is 0 Å². The third-order valence-corrected chi connectivity index (χ3v) is 2.00. The van der Waals surface area contributed by atoms with E-state index in [0.717, 1.165) is 0 Å². The molecule has 0 aliphatic heterocycles. The van der Waals surface area contributed by atoms with E-state index < -0.39 is 5.97 Å². The molecule has 13 heavy (non-hydrogen) atoms. The number of carboxylic acid groups (broad SMARTS) is 1. The number of carbonyl (C=O) groups is 1. The van der Waals surface area contributed by atoms with Crippen molar-refractivity contribution in [3.63, 3.8) is 0 Å². The second-order valence-electron chi connectivity index (χ2n) is 1.91. The number of benzene rings is 1. The molecule has 3 nitrogen and oxygen atoms in total. The Hall–Kier alpha value is -0.480. The van der Waals surface area contributed by atoms with Crippen LogP contribution in [0.25, 0.3) is 0 Å². The third kappa shape index (κ3) is 3.40. The lowest BCUT2D eigenvalue weighted by Gasteiger charge is -1.98. The molecule has 0 heterocycles. The van der Waals surface area contributed by atoms with Crippen molar-refractivity contribution in [2.45, 2.75) is 0 Å². The molecule has 0 saturated carbocycles. The molecule has 0 fully saturated rings. The fourth-order valence-corrected chi connectivity index (χ4v) is 1.05. The molecule has 72 valence electrons. The van der Waals surface area contributed by atoms with Crippen molar-refractivity contribution in [2.75, 3.05) is 0 Å². The van der Waals surface area contributed by atoms with Crippen LogP contribution in [0.3, 0.4) is 0 Å². The summed E-state index contributed by atoms with van der Waals surface area (Å²) in [4.78, 5) is 10.4. The average Bonchev–Trinajstić information content (AvgIpc) is 1.94. The maximum Gasteiger partial charge on any atom is 0.337 e. The standard InChI is InChI=1S/C7H4Cl2O2.ClH.O/c8-5-3-1-2-4(6(5)9)7(10)11;;/h1-3H,(H,10,11);1H;. The van der Waals surface area contributed by atoms with Gasteiger partial charge < -0.3 is 5.11 Å². The number of carboxylic acids is 1. The van der Waals surface area contributed by atoms with Gasteiger partial charge in [-0.25, -0.2) is 4.79 Å². The molecule has 2 radical (unpaired) electrons. The van der Waals surface area contributed by atoms with Crippen LogP contribution in [-0.4, -0.2) is 11.1 Å². The molecule has 0 unspecified atom stereocenters. The van der Waals surface area contributed by atoms with Crippen LogP contribution >= 0.6 is 35.6 Å². The molecule has 0 aromatic heterocycles. The normalized spacial score (nSPS) is 8.15. The van der Waals surface area contributed by atoms with Crippen LogP contribution in [0.2, 0.25) is 10.0 Å². The van der Waals surface area contributed by atoms with Crippen LogP contribution in [0.4, 0.5) is 0 Å². The first-order valence-electron chi connectivity index (χ1n) is 2.80. The molecule has 1 N–H and O–H groups in total. The van der Waals surface area contributed by atoms with Gasteiger partial charge in [0.2, 0.25) is 0 Å². The van der Waals surface area contributed by atoms with Gasteiger partial charge in [0.1, 0.15) is 0 Å². The maximum absolute atomic E-state index is 10.4. The lowest BCUT2D eigenvalue weighted by Crippen LogP contribution is -1.96. The van der Waals surface area contributed by atoms with E-state index in [1.165, 1.54) is 18.2 Å². The highest BCUT2D eigenvalue weighted by molar-refractivity contribution is 6.43. The van der Waals surface area contributed by atoms with Crippen molar-refractivity contribution in [2.24, 2.45) is 0 Å². The van der Waals surface area contributed by atoms with E-state index in [4.69, 9.17) is 28.3 Å². The van der Waals surface area contributed by atoms with Gasteiger partial charge in [0.05, 0.1) is 15.6 Å². The lowest BCUT2D eigenvalue weighted by atomic mass is 10.2. The van der Waals surface area contributed by atoms with E-state index in [1.807, 2.05) is 0 Å². The first kappa shape index (κ1) is 15.0. The zero-order chi connectivity index (χ0) is 8.43. The molecule has 0 atom stereocenters. The number of hydrogen-bond donors (Lipinski definition) is 1. The molecule has 0 saturated heterocycles. The van der Waals surface area contributed by atoms with Gasteiger partial charge in [0.15, 0.2) is 0 Å². The van der Waals surface area contributed by atoms with Crippen molar-refractivity contribution < 1.29 is 15.4 Å². The van der Waals surface area contributed by atoms with E-state index in [0.29, 0.717) is 0 Å². The van der Waals surface area contributed by atoms with E-state index in [2.05, 4.69) is 0 Å². The Bertz CT molecular complexity index is 301. The summed E-state index contributed by atoms with van der Waals surface area (Å²) in [6.45, 7) is 0. The van der Waals surface area contributed by atoms with Crippen LogP contribution < -0.4 is 0 Å². The van der Waals surface area contributed by atoms with Gasteiger partial charge in [-0.1, -0.05) is 29.3 Å². The summed E-state index contributed by atoms with van der Waals surface area (Å²) in [5, 5.41) is 8.89. The Morgan fingerprint density at radius 2 is 1.85 bits per heavy atom. The number of hydrogen-bond acceptors (Lipinski definition) is 1. The van der Waals surface area contributed by atoms with E-state index in [-0.39, 0.29) is 33.5 Å². The molecule has 0 bridgehead atoms. The smallest absolute Gasteiger partial charge is 0.337 e. The molecule has 0 aliphatic rings. The van der Waals surface area contributed by atoms with E-state index in [1.54, 1.807) is 0 Å². The molecule has 1 aromatic rings. The highest BCUT2D eigenvalue weighted by atomic mass is 35.5. The number of aromatic carboxylic acids is 1. The van der Waals surface area contributed by atoms with Crippen molar-refractivity contribution in [3.8, 4) is 0 Å². The van der Waals surface area contributed by atoms with Gasteiger partial charge in [0.25, 0.3) is 0 Å². The zero-order valence-corrected chi connectivity index (χ0v) is 8.49. The largest absolute Gasteiger partial charge is 0.478 e. The number of halogens is 3. The summed E-state index contributed by atoms with van der Waals surface area (Å²) < 4.78 is 0. The second-order valence-corrected chi connectivity index (χ2v) is 2.69. The predicted octanol–water partition coefficient (Wildman–Crippen LogP) is 2.99. The van der Waals surface area contributed by atoms with Gasteiger partial charge in [-0.15, -0.1) is 12.4 Å². The fraction of sp³-hybridized carbons (Fsp3) is 0. The van der Waals surface area contributed by atoms with Crippen molar-refractivity contribution >= 4 is 41.6 Å². The Morgan fingerprint density at radius 3 is 2.23 bits per heavy atom. The molecule has 0 amide bonds. The molecule has 0 spiro atoms. The Labute approximate surface area is 91.0 Å². The van der Waals surface area contributed by atoms with Crippen LogP contribution in [0.1, 0.15) is 10.4 Å². The molecule has 0 aliphatic carbocycles. The maximum atomic E-state index is 10.4. The van der Waals surface area contributed by atoms with Crippen LogP contribution in [0.15, 0.2) is 18.2 Å². The fourth-order valence-electron chi connectivity index (χ4n) is 0.669. The highest BCUT2D eigenvalue weighted by Gasteiger charge is 2.09. The summed E-state index contributed by atoms with van der Waals surface area (Å²) in [6.07, 6.45) is 0. The van der Waals surface area contributed by atoms with Gasteiger partial charge in [0, 0.05) is 5.48 Å². The zero-order valence-electron chi connectivity index (χ0n) is 6.16. The van der Waals surface area contributed by atoms with Crippen LogP contribution in [0, 0.1) is 0 Å². The quantitative estimate of drug-likeness (QED) is 0.824. The summed E-state index contributed by atoms with van der Waals surface area (Å²) in [5.41, 5.74) is 0.0270. The summed E-state index contributed by atoms with van der Waals surface area (Å²) in [5.74, 6) is -1.07. The minimum Gasteiger partial charge on any atom is -0.478 e. The predicted molar refractivity (Wildman–Crippen MR) is 51.4 cm³/mol. The Balaban J connectivity index is 0.